The minimum atomic E-state index is -0.565. The van der Waals surface area contributed by atoms with E-state index in [1.807, 2.05) is 91.8 Å². The summed E-state index contributed by atoms with van der Waals surface area (Å²) in [7, 11) is 0. The highest BCUT2D eigenvalue weighted by molar-refractivity contribution is 5.65. The van der Waals surface area contributed by atoms with E-state index >= 15 is 0 Å². The molecule has 4 rings (SSSR count). The molecule has 4 heteroatoms. The lowest BCUT2D eigenvalue weighted by molar-refractivity contribution is -0.262. The van der Waals surface area contributed by atoms with Gasteiger partial charge in [0.15, 0.2) is 0 Å². The fourth-order valence-electron chi connectivity index (χ4n) is 5.67. The largest absolute Gasteiger partial charge is 0.140 e. The van der Waals surface area contributed by atoms with Gasteiger partial charge in [0.2, 0.25) is 0 Å². The number of rotatable bonds is 1. The van der Waals surface area contributed by atoms with Crippen molar-refractivity contribution in [2.45, 2.75) is 90.4 Å². The van der Waals surface area contributed by atoms with E-state index in [4.69, 9.17) is 0 Å². The molecule has 0 saturated carbocycles. The van der Waals surface area contributed by atoms with Crippen LogP contribution in [0.4, 0.5) is 0 Å². The van der Waals surface area contributed by atoms with Crippen LogP contribution in [0.5, 0.6) is 0 Å². The maximum atomic E-state index is 12.6. The normalized spacial score (nSPS) is 21.7. The molecule has 0 spiro atoms. The maximum Gasteiger partial charge on any atom is 0.0634 e. The summed E-state index contributed by atoms with van der Waals surface area (Å²) in [5, 5.41) is 27.4. The Kier molecular flexibility index (Phi) is 7.26. The van der Waals surface area contributed by atoms with Gasteiger partial charge in [-0.2, -0.15) is 0 Å². The zero-order valence-electron chi connectivity index (χ0n) is 23.9. The van der Waals surface area contributed by atoms with Crippen molar-refractivity contribution in [2.24, 2.45) is 0 Å². The highest BCUT2D eigenvalue weighted by Crippen LogP contribution is 2.36. The second-order valence-corrected chi connectivity index (χ2v) is 12.9. The molecular formula is C34H38N2O2. The van der Waals surface area contributed by atoms with E-state index in [0.717, 1.165) is 33.4 Å². The minimum Gasteiger partial charge on any atom is -0.140 e. The second-order valence-electron chi connectivity index (χ2n) is 12.9. The van der Waals surface area contributed by atoms with Gasteiger partial charge in [0, 0.05) is 46.2 Å². The van der Waals surface area contributed by atoms with Gasteiger partial charge in [0.25, 0.3) is 0 Å². The van der Waals surface area contributed by atoms with Crippen LogP contribution in [0, 0.1) is 23.7 Å². The van der Waals surface area contributed by atoms with Gasteiger partial charge in [-0.1, -0.05) is 60.1 Å². The van der Waals surface area contributed by atoms with Crippen molar-refractivity contribution < 1.29 is 10.4 Å². The fourth-order valence-corrected chi connectivity index (χ4v) is 5.67. The lowest BCUT2D eigenvalue weighted by atomic mass is 9.83. The summed E-state index contributed by atoms with van der Waals surface area (Å²) in [6, 6.07) is 16.5. The van der Waals surface area contributed by atoms with Gasteiger partial charge >= 0.3 is 0 Å². The molecule has 0 unspecified atom stereocenters. The monoisotopic (exact) mass is 506 g/mol. The van der Waals surface area contributed by atoms with Crippen molar-refractivity contribution in [3.05, 3.63) is 83.0 Å². The van der Waals surface area contributed by atoms with Gasteiger partial charge in [-0.25, -0.2) is 0 Å². The predicted octanol–water partition coefficient (Wildman–Crippen LogP) is 7.13. The first-order valence-electron chi connectivity index (χ1n) is 13.2. The number of hydrogen-bond acceptors (Lipinski definition) is 2. The summed E-state index contributed by atoms with van der Waals surface area (Å²) in [6.45, 7) is 15.6. The Morgan fingerprint density at radius 1 is 0.526 bits per heavy atom. The first kappa shape index (κ1) is 27.9. The highest BCUT2D eigenvalue weighted by Gasteiger charge is 2.42. The molecule has 2 aromatic rings. The molecule has 2 radical (unpaired) electrons. The van der Waals surface area contributed by atoms with Gasteiger partial charge in [0.05, 0.1) is 11.1 Å². The van der Waals surface area contributed by atoms with Gasteiger partial charge < -0.3 is 0 Å². The summed E-state index contributed by atoms with van der Waals surface area (Å²) in [4.78, 5) is 0. The molecule has 2 heterocycles. The standard InChI is InChI=1S/C34H38N2O2/c1-31(2)21-27(22-32(3,4)35(31)37)11-9-25-13-17-29(18-14-25)30-19-15-26(16-20-30)10-12-28-23-33(5,6)36(38)34(7,8)24-28/h13-21,23H,22,24H2,1-8H3. The molecule has 0 saturated heterocycles. The Labute approximate surface area is 228 Å². The number of benzene rings is 2. The molecule has 2 aromatic carbocycles. The van der Waals surface area contributed by atoms with Crippen molar-refractivity contribution in [1.82, 2.24) is 10.1 Å². The van der Waals surface area contributed by atoms with E-state index in [-0.39, 0.29) is 0 Å². The van der Waals surface area contributed by atoms with Gasteiger partial charge in [-0.05, 0) is 90.8 Å². The zero-order valence-corrected chi connectivity index (χ0v) is 23.9. The van der Waals surface area contributed by atoms with Crippen LogP contribution in [0.2, 0.25) is 0 Å². The van der Waals surface area contributed by atoms with Crippen molar-refractivity contribution in [2.75, 3.05) is 0 Å². The summed E-state index contributed by atoms with van der Waals surface area (Å²) in [5.74, 6) is 13.1. The van der Waals surface area contributed by atoms with E-state index in [1.165, 1.54) is 10.1 Å². The van der Waals surface area contributed by atoms with Crippen LogP contribution in [-0.2, 0) is 10.4 Å². The molecule has 4 nitrogen and oxygen atoms in total. The van der Waals surface area contributed by atoms with Gasteiger partial charge in [0.1, 0.15) is 0 Å². The van der Waals surface area contributed by atoms with E-state index in [9.17, 15) is 10.4 Å². The van der Waals surface area contributed by atoms with E-state index < -0.39 is 22.2 Å². The topological polar surface area (TPSA) is 46.3 Å². The molecule has 0 aliphatic carbocycles. The van der Waals surface area contributed by atoms with Crippen LogP contribution in [-0.4, -0.2) is 32.3 Å². The molecule has 196 valence electrons. The van der Waals surface area contributed by atoms with Gasteiger partial charge in [-0.3, -0.25) is 0 Å². The average molecular weight is 507 g/mol. The third-order valence-electron chi connectivity index (χ3n) is 7.29. The predicted molar refractivity (Wildman–Crippen MR) is 152 cm³/mol. The number of nitrogens with zero attached hydrogens (tertiary/aromatic N) is 2. The number of hydroxylamine groups is 4. The first-order valence-corrected chi connectivity index (χ1v) is 13.2. The molecule has 0 amide bonds. The van der Waals surface area contributed by atoms with Gasteiger partial charge in [-0.15, -0.1) is 20.5 Å². The van der Waals surface area contributed by atoms with E-state index in [1.54, 1.807) is 0 Å². The third-order valence-corrected chi connectivity index (χ3v) is 7.29. The molecule has 38 heavy (non-hydrogen) atoms. The Morgan fingerprint density at radius 2 is 0.842 bits per heavy atom. The zero-order chi connectivity index (χ0) is 27.9. The molecule has 0 bridgehead atoms. The van der Waals surface area contributed by atoms with E-state index in [0.29, 0.717) is 12.8 Å². The molecule has 0 atom stereocenters. The summed E-state index contributed by atoms with van der Waals surface area (Å²) in [6.07, 6.45) is 5.26. The van der Waals surface area contributed by atoms with Crippen molar-refractivity contribution in [1.29, 1.82) is 0 Å². The summed E-state index contributed by atoms with van der Waals surface area (Å²) in [5.41, 5.74) is 4.07. The highest BCUT2D eigenvalue weighted by atomic mass is 16.5. The lowest BCUT2D eigenvalue weighted by Crippen LogP contribution is -2.54. The lowest BCUT2D eigenvalue weighted by Gasteiger charge is -2.44. The molecule has 2 aliphatic rings. The molecule has 0 aromatic heterocycles. The van der Waals surface area contributed by atoms with Crippen LogP contribution >= 0.6 is 0 Å². The van der Waals surface area contributed by atoms with Crippen LogP contribution < -0.4 is 0 Å². The third kappa shape index (κ3) is 5.96. The Balaban J connectivity index is 1.46. The van der Waals surface area contributed by atoms with Crippen molar-refractivity contribution in [3.63, 3.8) is 0 Å². The van der Waals surface area contributed by atoms with Crippen molar-refractivity contribution >= 4 is 0 Å². The molecular weight excluding hydrogens is 468 g/mol. The Hall–Kier alpha value is -3.12. The first-order chi connectivity index (χ1) is 17.6. The second kappa shape index (κ2) is 9.88. The molecule has 0 fully saturated rings. The fraction of sp³-hybridized carbons (Fsp3) is 0.412. The van der Waals surface area contributed by atoms with Crippen LogP contribution in [0.1, 0.15) is 79.4 Å². The molecule has 0 N–H and O–H groups in total. The van der Waals surface area contributed by atoms with Crippen molar-refractivity contribution in [3.8, 4) is 34.8 Å². The van der Waals surface area contributed by atoms with Crippen LogP contribution in [0.25, 0.3) is 11.1 Å². The molecule has 2 aliphatic heterocycles. The summed E-state index contributed by atoms with van der Waals surface area (Å²) < 4.78 is 0. The number of hydrogen-bond donors (Lipinski definition) is 0. The maximum absolute atomic E-state index is 12.6. The van der Waals surface area contributed by atoms with Crippen LogP contribution in [0.15, 0.2) is 71.8 Å². The van der Waals surface area contributed by atoms with Crippen LogP contribution in [0.3, 0.4) is 0 Å². The quantitative estimate of drug-likeness (QED) is 0.386. The smallest absolute Gasteiger partial charge is 0.0634 e. The minimum absolute atomic E-state index is 0.471. The van der Waals surface area contributed by atoms with E-state index in [2.05, 4.69) is 47.9 Å². The Morgan fingerprint density at radius 3 is 1.13 bits per heavy atom. The summed E-state index contributed by atoms with van der Waals surface area (Å²) >= 11 is 0. The SMILES string of the molecule is CC1(C)C=C(C#Cc2ccc(-c3ccc(C#CC4=CC(C)(C)N([O])C(C)(C)C4)cc3)cc2)CC(C)(C)N1[O]. The average Bonchev–Trinajstić information content (AvgIpc) is 2.83. The Bertz CT molecular complexity index is 1270.